The van der Waals surface area contributed by atoms with Crippen molar-refractivity contribution in [3.05, 3.63) is 47.5 Å². The average molecular weight is 760 g/mol. The van der Waals surface area contributed by atoms with E-state index < -0.39 is 71.4 Å². The summed E-state index contributed by atoms with van der Waals surface area (Å²) in [6, 6.07) is 4.66. The van der Waals surface area contributed by atoms with Gasteiger partial charge in [-0.05, 0) is 71.6 Å². The number of carbonyl (C=O) groups excluding carboxylic acids is 7. The van der Waals surface area contributed by atoms with Crippen molar-refractivity contribution in [3.8, 4) is 0 Å². The fourth-order valence-electron chi connectivity index (χ4n) is 5.43. The summed E-state index contributed by atoms with van der Waals surface area (Å²) in [4.78, 5) is 89.4. The molecule has 3 rings (SSSR count). The molecule has 1 aromatic carbocycles. The van der Waals surface area contributed by atoms with E-state index in [2.05, 4.69) is 21.3 Å². The van der Waals surface area contributed by atoms with E-state index in [1.807, 2.05) is 0 Å². The third-order valence-corrected chi connectivity index (χ3v) is 7.91. The molecule has 17 nitrogen and oxygen atoms in total. The van der Waals surface area contributed by atoms with E-state index in [4.69, 9.17) is 23.7 Å². The molecule has 2 heterocycles. The molecule has 2 aliphatic rings. The van der Waals surface area contributed by atoms with Gasteiger partial charge in [-0.15, -0.1) is 0 Å². The van der Waals surface area contributed by atoms with Gasteiger partial charge in [0.1, 0.15) is 23.9 Å². The molecule has 0 bridgehead atoms. The second-order valence-electron chi connectivity index (χ2n) is 14.3. The Hall–Kier alpha value is -4.87. The van der Waals surface area contributed by atoms with Crippen molar-refractivity contribution in [2.24, 2.45) is 0 Å². The van der Waals surface area contributed by atoms with Gasteiger partial charge in [0.05, 0.1) is 45.6 Å². The molecule has 1 unspecified atom stereocenters. The highest BCUT2D eigenvalue weighted by Gasteiger charge is 2.31. The third kappa shape index (κ3) is 16.0. The highest BCUT2D eigenvalue weighted by molar-refractivity contribution is 6.12. The standard InChI is InChI=1S/C37H53N5O12/c1-36(2,3)53-34(48)27(11-6-7-15-42-31(45)12-13-32(42)46)40-29(43)23-39-33(47)26-10-8-9-25(21-26)28-22-37(4,5)54-35(49)38-14-16-50-17-18-51-19-20-52-24-30(44)41-28/h8-10,12-13,21,27-28H,6-7,11,14-20,22-24H2,1-5H3,(H,38,49)(H,39,47)(H,40,43)(H,41,44)/t27-,28?/m0/s1. The van der Waals surface area contributed by atoms with Crippen LogP contribution >= 0.6 is 0 Å². The van der Waals surface area contributed by atoms with Crippen molar-refractivity contribution in [2.75, 3.05) is 59.3 Å². The SMILES string of the molecule is CC(C)(C)OC(=O)[C@H](CCCCN1C(=O)C=CC1=O)NC(=O)CNC(=O)c1cccc(C2CC(C)(C)OC(=O)NCCOCCOCCOCC(=O)N2)c1. The van der Waals surface area contributed by atoms with Gasteiger partial charge in [-0.25, -0.2) is 9.59 Å². The Morgan fingerprint density at radius 2 is 1.63 bits per heavy atom. The number of hydrogen-bond donors (Lipinski definition) is 4. The Morgan fingerprint density at radius 1 is 0.963 bits per heavy atom. The largest absolute Gasteiger partial charge is 0.458 e. The minimum Gasteiger partial charge on any atom is -0.458 e. The maximum Gasteiger partial charge on any atom is 0.407 e. The fourth-order valence-corrected chi connectivity index (χ4v) is 5.43. The van der Waals surface area contributed by atoms with E-state index in [-0.39, 0.29) is 57.9 Å². The monoisotopic (exact) mass is 759 g/mol. The molecule has 0 saturated carbocycles. The van der Waals surface area contributed by atoms with E-state index in [0.717, 1.165) is 4.90 Å². The molecule has 1 aromatic rings. The van der Waals surface area contributed by atoms with Crippen LogP contribution in [0.25, 0.3) is 0 Å². The first-order chi connectivity index (χ1) is 25.5. The summed E-state index contributed by atoms with van der Waals surface area (Å²) in [5.41, 5.74) is -1.18. The molecule has 1 saturated heterocycles. The van der Waals surface area contributed by atoms with Crippen LogP contribution < -0.4 is 21.3 Å². The highest BCUT2D eigenvalue weighted by Crippen LogP contribution is 2.27. The third-order valence-electron chi connectivity index (χ3n) is 7.91. The molecule has 0 aliphatic carbocycles. The lowest BCUT2D eigenvalue weighted by Gasteiger charge is -2.31. The molecular weight excluding hydrogens is 706 g/mol. The van der Waals surface area contributed by atoms with Crippen molar-refractivity contribution in [3.63, 3.8) is 0 Å². The number of carbonyl (C=O) groups is 7. The number of esters is 1. The molecule has 0 aromatic heterocycles. The van der Waals surface area contributed by atoms with Crippen LogP contribution in [-0.2, 0) is 47.7 Å². The minimum absolute atomic E-state index is 0.132. The van der Waals surface area contributed by atoms with Crippen LogP contribution in [0.3, 0.4) is 0 Å². The van der Waals surface area contributed by atoms with Gasteiger partial charge in [0, 0.05) is 37.2 Å². The fraction of sp³-hybridized carbons (Fsp3) is 0.595. The van der Waals surface area contributed by atoms with Crippen LogP contribution in [0.15, 0.2) is 36.4 Å². The van der Waals surface area contributed by atoms with Crippen LogP contribution in [0.2, 0.25) is 0 Å². The predicted octanol–water partition coefficient (Wildman–Crippen LogP) is 1.45. The van der Waals surface area contributed by atoms with Crippen LogP contribution in [0.5, 0.6) is 0 Å². The zero-order chi connectivity index (χ0) is 39.7. The molecule has 54 heavy (non-hydrogen) atoms. The Morgan fingerprint density at radius 3 is 2.31 bits per heavy atom. The van der Waals surface area contributed by atoms with E-state index >= 15 is 0 Å². The molecule has 2 aliphatic heterocycles. The highest BCUT2D eigenvalue weighted by atomic mass is 16.6. The number of benzene rings is 1. The molecule has 1 fully saturated rings. The zero-order valence-electron chi connectivity index (χ0n) is 31.7. The molecule has 4 N–H and O–H groups in total. The van der Waals surface area contributed by atoms with Gasteiger partial charge >= 0.3 is 12.1 Å². The van der Waals surface area contributed by atoms with Crippen molar-refractivity contribution in [2.45, 2.75) is 83.6 Å². The molecular formula is C37H53N5O12. The molecule has 298 valence electrons. The second kappa shape index (κ2) is 21.1. The van der Waals surface area contributed by atoms with Crippen LogP contribution in [0.1, 0.15) is 82.3 Å². The number of alkyl carbamates (subject to hydrolysis) is 1. The number of ether oxygens (including phenoxy) is 5. The van der Waals surface area contributed by atoms with Crippen molar-refractivity contribution in [1.29, 1.82) is 0 Å². The summed E-state index contributed by atoms with van der Waals surface area (Å²) < 4.78 is 27.4. The van der Waals surface area contributed by atoms with Gasteiger partial charge < -0.3 is 45.0 Å². The van der Waals surface area contributed by atoms with Crippen LogP contribution in [0.4, 0.5) is 4.79 Å². The number of nitrogens with zero attached hydrogens (tertiary/aromatic N) is 1. The smallest absolute Gasteiger partial charge is 0.407 e. The number of unbranched alkanes of at least 4 members (excludes halogenated alkanes) is 1. The van der Waals surface area contributed by atoms with E-state index in [1.165, 1.54) is 18.2 Å². The average Bonchev–Trinajstić information content (AvgIpc) is 3.41. The molecule has 0 spiro atoms. The minimum atomic E-state index is -1.07. The van der Waals surface area contributed by atoms with Gasteiger partial charge in [0.15, 0.2) is 0 Å². The molecule has 6 amide bonds. The maximum atomic E-state index is 13.3. The topological polar surface area (TPSA) is 217 Å². The van der Waals surface area contributed by atoms with Crippen LogP contribution in [-0.4, -0.2) is 123 Å². The number of rotatable bonds is 11. The summed E-state index contributed by atoms with van der Waals surface area (Å²) in [5, 5.41) is 10.7. The first kappa shape index (κ1) is 43.5. The van der Waals surface area contributed by atoms with E-state index in [9.17, 15) is 33.6 Å². The normalized spacial score (nSPS) is 19.7. The van der Waals surface area contributed by atoms with E-state index in [1.54, 1.807) is 52.8 Å². The molecule has 2 atom stereocenters. The summed E-state index contributed by atoms with van der Waals surface area (Å²) in [7, 11) is 0. The van der Waals surface area contributed by atoms with Crippen molar-refractivity contribution >= 4 is 41.6 Å². The number of imide groups is 1. The predicted molar refractivity (Wildman–Crippen MR) is 193 cm³/mol. The number of nitrogens with one attached hydrogen (secondary N) is 4. The first-order valence-corrected chi connectivity index (χ1v) is 18.0. The number of amides is 6. The summed E-state index contributed by atoms with van der Waals surface area (Å²) in [6.45, 7) is 9.50. The van der Waals surface area contributed by atoms with Gasteiger partial charge in [-0.1, -0.05) is 12.1 Å². The van der Waals surface area contributed by atoms with Crippen molar-refractivity contribution in [1.82, 2.24) is 26.2 Å². The summed E-state index contributed by atoms with van der Waals surface area (Å²) in [5.74, 6) is -3.15. The maximum absolute atomic E-state index is 13.3. The lowest BCUT2D eigenvalue weighted by molar-refractivity contribution is -0.159. The van der Waals surface area contributed by atoms with Crippen molar-refractivity contribution < 1.29 is 57.2 Å². The number of hydrogen-bond acceptors (Lipinski definition) is 12. The summed E-state index contributed by atoms with van der Waals surface area (Å²) in [6.07, 6.45) is 2.82. The van der Waals surface area contributed by atoms with Gasteiger partial charge in [0.2, 0.25) is 11.8 Å². The summed E-state index contributed by atoms with van der Waals surface area (Å²) >= 11 is 0. The number of cyclic esters (lactones) is 1. The molecule has 0 radical (unpaired) electrons. The Kier molecular flexibility index (Phi) is 17.0. The zero-order valence-corrected chi connectivity index (χ0v) is 31.7. The first-order valence-electron chi connectivity index (χ1n) is 18.0. The van der Waals surface area contributed by atoms with Gasteiger partial charge in [0.25, 0.3) is 17.7 Å². The Bertz CT molecular complexity index is 1500. The Labute approximate surface area is 315 Å². The lowest BCUT2D eigenvalue weighted by Crippen LogP contribution is -2.47. The molecule has 17 heteroatoms. The quantitative estimate of drug-likeness (QED) is 0.143. The Balaban J connectivity index is 1.65. The van der Waals surface area contributed by atoms with Gasteiger partial charge in [-0.3, -0.25) is 28.9 Å². The second-order valence-corrected chi connectivity index (χ2v) is 14.3. The lowest BCUT2D eigenvalue weighted by atomic mass is 9.92. The van der Waals surface area contributed by atoms with Crippen LogP contribution in [0, 0.1) is 0 Å². The van der Waals surface area contributed by atoms with Gasteiger partial charge in [-0.2, -0.15) is 0 Å². The van der Waals surface area contributed by atoms with E-state index in [0.29, 0.717) is 31.6 Å².